The maximum atomic E-state index is 12.9. The fraction of sp³-hybridized carbons (Fsp3) is 0.353. The number of aryl methyl sites for hydroxylation is 1. The number of rotatable bonds is 8. The van der Waals surface area contributed by atoms with Crippen molar-refractivity contribution in [2.45, 2.75) is 39.2 Å². The van der Waals surface area contributed by atoms with Crippen LogP contribution in [-0.2, 0) is 6.54 Å². The summed E-state index contributed by atoms with van der Waals surface area (Å²) in [5.41, 5.74) is 1.88. The number of unbranched alkanes of at least 4 members (excludes halogenated alkanes) is 3. The normalized spacial score (nSPS) is 11.2. The van der Waals surface area contributed by atoms with Crippen LogP contribution in [0.15, 0.2) is 24.3 Å². The minimum atomic E-state index is -0.270. The van der Waals surface area contributed by atoms with E-state index in [0.29, 0.717) is 17.7 Å². The number of aromatic nitrogens is 3. The van der Waals surface area contributed by atoms with Crippen LogP contribution >= 0.6 is 0 Å². The van der Waals surface area contributed by atoms with E-state index in [-0.39, 0.29) is 5.82 Å². The lowest BCUT2D eigenvalue weighted by Gasteiger charge is -2.03. The molecule has 0 aliphatic rings. The first-order valence-electron chi connectivity index (χ1n) is 7.57. The molecule has 0 fully saturated rings. The first-order valence-corrected chi connectivity index (χ1v) is 7.57. The van der Waals surface area contributed by atoms with Gasteiger partial charge in [-0.25, -0.2) is 9.07 Å². The average Bonchev–Trinajstić information content (AvgIpc) is 2.93. The molecule has 1 heterocycles. The number of aldehydes is 1. The first kappa shape index (κ1) is 16.1. The second kappa shape index (κ2) is 8.22. The first-order chi connectivity index (χ1) is 10.7. The Morgan fingerprint density at radius 1 is 1.14 bits per heavy atom. The van der Waals surface area contributed by atoms with Crippen LogP contribution in [0.25, 0.3) is 12.2 Å². The van der Waals surface area contributed by atoms with Crippen LogP contribution in [0.3, 0.4) is 0 Å². The Hall–Kier alpha value is -2.30. The number of benzene rings is 1. The molecule has 0 amide bonds. The highest BCUT2D eigenvalue weighted by atomic mass is 19.1. The standard InChI is InChI=1S/C17H20FN3O/c1-2-3-4-5-12-21-17(16(13-22)19-20-21)11-8-14-6-9-15(18)10-7-14/h6-11,13H,2-5,12H2,1H3/b11-8+. The molecule has 4 nitrogen and oxygen atoms in total. The van der Waals surface area contributed by atoms with Gasteiger partial charge in [-0.05, 0) is 30.2 Å². The van der Waals surface area contributed by atoms with E-state index in [0.717, 1.165) is 24.9 Å². The van der Waals surface area contributed by atoms with Gasteiger partial charge in [0.05, 0.1) is 5.69 Å². The molecule has 0 unspecified atom stereocenters. The molecule has 2 aromatic rings. The molecular weight excluding hydrogens is 281 g/mol. The lowest BCUT2D eigenvalue weighted by Crippen LogP contribution is -2.03. The Kier molecular flexibility index (Phi) is 6.01. The molecule has 1 aromatic carbocycles. The van der Waals surface area contributed by atoms with E-state index < -0.39 is 0 Å². The molecular formula is C17H20FN3O. The van der Waals surface area contributed by atoms with Crippen molar-refractivity contribution in [2.75, 3.05) is 0 Å². The quantitative estimate of drug-likeness (QED) is 0.547. The van der Waals surface area contributed by atoms with Crippen molar-refractivity contribution in [2.24, 2.45) is 0 Å². The summed E-state index contributed by atoms with van der Waals surface area (Å²) in [4.78, 5) is 11.1. The van der Waals surface area contributed by atoms with E-state index >= 15 is 0 Å². The SMILES string of the molecule is CCCCCCn1nnc(C=O)c1/C=C/c1ccc(F)cc1. The lowest BCUT2D eigenvalue weighted by molar-refractivity contribution is 0.111. The van der Waals surface area contributed by atoms with Crippen LogP contribution in [-0.4, -0.2) is 21.3 Å². The Labute approximate surface area is 129 Å². The highest BCUT2D eigenvalue weighted by Crippen LogP contribution is 2.12. The molecule has 0 saturated heterocycles. The molecule has 5 heteroatoms. The van der Waals surface area contributed by atoms with Crippen molar-refractivity contribution < 1.29 is 9.18 Å². The van der Waals surface area contributed by atoms with E-state index in [1.807, 2.05) is 6.08 Å². The maximum absolute atomic E-state index is 12.9. The fourth-order valence-corrected chi connectivity index (χ4v) is 2.19. The monoisotopic (exact) mass is 301 g/mol. The Morgan fingerprint density at radius 2 is 1.91 bits per heavy atom. The van der Waals surface area contributed by atoms with Gasteiger partial charge in [-0.1, -0.05) is 49.6 Å². The number of nitrogens with zero attached hydrogens (tertiary/aromatic N) is 3. The molecule has 116 valence electrons. The van der Waals surface area contributed by atoms with Gasteiger partial charge >= 0.3 is 0 Å². The summed E-state index contributed by atoms with van der Waals surface area (Å²) in [5, 5.41) is 7.93. The van der Waals surface area contributed by atoms with Gasteiger partial charge in [-0.3, -0.25) is 4.79 Å². The molecule has 2 rings (SSSR count). The molecule has 22 heavy (non-hydrogen) atoms. The van der Waals surface area contributed by atoms with Crippen molar-refractivity contribution in [3.05, 3.63) is 47.0 Å². The predicted octanol–water partition coefficient (Wildman–Crippen LogP) is 3.98. The number of halogens is 1. The van der Waals surface area contributed by atoms with Crippen molar-refractivity contribution in [3.63, 3.8) is 0 Å². The second-order valence-electron chi connectivity index (χ2n) is 5.15. The van der Waals surface area contributed by atoms with E-state index in [2.05, 4.69) is 17.2 Å². The molecule has 0 atom stereocenters. The minimum Gasteiger partial charge on any atom is -0.296 e. The molecule has 0 bridgehead atoms. The molecule has 0 aliphatic heterocycles. The van der Waals surface area contributed by atoms with Gasteiger partial charge in [0.15, 0.2) is 12.0 Å². The van der Waals surface area contributed by atoms with Gasteiger partial charge < -0.3 is 0 Å². The summed E-state index contributed by atoms with van der Waals surface area (Å²) in [6.07, 6.45) is 8.84. The summed E-state index contributed by atoms with van der Waals surface area (Å²) in [5.74, 6) is -0.270. The third-order valence-electron chi connectivity index (χ3n) is 3.44. The highest BCUT2D eigenvalue weighted by molar-refractivity contribution is 5.81. The summed E-state index contributed by atoms with van der Waals surface area (Å²) < 4.78 is 14.6. The molecule has 0 saturated carbocycles. The molecule has 0 aliphatic carbocycles. The fourth-order valence-electron chi connectivity index (χ4n) is 2.19. The zero-order chi connectivity index (χ0) is 15.8. The van der Waals surface area contributed by atoms with Crippen molar-refractivity contribution >= 4 is 18.4 Å². The maximum Gasteiger partial charge on any atom is 0.172 e. The van der Waals surface area contributed by atoms with Crippen LogP contribution in [0.1, 0.15) is 54.4 Å². The highest BCUT2D eigenvalue weighted by Gasteiger charge is 2.09. The predicted molar refractivity (Wildman–Crippen MR) is 84.9 cm³/mol. The summed E-state index contributed by atoms with van der Waals surface area (Å²) >= 11 is 0. The van der Waals surface area contributed by atoms with Crippen LogP contribution in [0.5, 0.6) is 0 Å². The van der Waals surface area contributed by atoms with Crippen LogP contribution in [0.4, 0.5) is 4.39 Å². The largest absolute Gasteiger partial charge is 0.296 e. The van der Waals surface area contributed by atoms with Crippen molar-refractivity contribution in [1.82, 2.24) is 15.0 Å². The van der Waals surface area contributed by atoms with Crippen LogP contribution < -0.4 is 0 Å². The van der Waals surface area contributed by atoms with E-state index in [1.54, 1.807) is 22.9 Å². The van der Waals surface area contributed by atoms with Gasteiger partial charge in [0.1, 0.15) is 5.82 Å². The average molecular weight is 301 g/mol. The van der Waals surface area contributed by atoms with E-state index in [4.69, 9.17) is 0 Å². The Balaban J connectivity index is 2.12. The zero-order valence-corrected chi connectivity index (χ0v) is 12.7. The molecule has 1 aromatic heterocycles. The molecule has 0 radical (unpaired) electrons. The van der Waals surface area contributed by atoms with Gasteiger partial charge in [0, 0.05) is 6.54 Å². The topological polar surface area (TPSA) is 47.8 Å². The van der Waals surface area contributed by atoms with Crippen molar-refractivity contribution in [3.8, 4) is 0 Å². The van der Waals surface area contributed by atoms with Gasteiger partial charge in [0.2, 0.25) is 0 Å². The smallest absolute Gasteiger partial charge is 0.172 e. The van der Waals surface area contributed by atoms with Crippen LogP contribution in [0, 0.1) is 5.82 Å². The lowest BCUT2D eigenvalue weighted by atomic mass is 10.2. The van der Waals surface area contributed by atoms with Crippen molar-refractivity contribution in [1.29, 1.82) is 0 Å². The third kappa shape index (κ3) is 4.35. The minimum absolute atomic E-state index is 0.270. The Bertz CT molecular complexity index is 632. The Morgan fingerprint density at radius 3 is 2.59 bits per heavy atom. The summed E-state index contributed by atoms with van der Waals surface area (Å²) in [7, 11) is 0. The second-order valence-corrected chi connectivity index (χ2v) is 5.15. The van der Waals surface area contributed by atoms with Gasteiger partial charge in [0.25, 0.3) is 0 Å². The van der Waals surface area contributed by atoms with E-state index in [1.165, 1.54) is 25.0 Å². The number of hydrogen-bond acceptors (Lipinski definition) is 3. The third-order valence-corrected chi connectivity index (χ3v) is 3.44. The number of carbonyl (C=O) groups excluding carboxylic acids is 1. The van der Waals surface area contributed by atoms with Gasteiger partial charge in [-0.2, -0.15) is 0 Å². The zero-order valence-electron chi connectivity index (χ0n) is 12.7. The van der Waals surface area contributed by atoms with E-state index in [9.17, 15) is 9.18 Å². The summed E-state index contributed by atoms with van der Waals surface area (Å²) in [6, 6.07) is 6.17. The van der Waals surface area contributed by atoms with Crippen LogP contribution in [0.2, 0.25) is 0 Å². The summed E-state index contributed by atoms with van der Waals surface area (Å²) in [6.45, 7) is 2.90. The molecule has 0 spiro atoms. The number of carbonyl (C=O) groups is 1. The van der Waals surface area contributed by atoms with Gasteiger partial charge in [-0.15, -0.1) is 5.10 Å². The number of hydrogen-bond donors (Lipinski definition) is 0. The molecule has 0 N–H and O–H groups in total.